The maximum Gasteiger partial charge on any atom is 0.308 e. The molecular formula is C19H16FN3O3. The molecule has 0 saturated heterocycles. The van der Waals surface area contributed by atoms with E-state index in [0.717, 1.165) is 0 Å². The van der Waals surface area contributed by atoms with Gasteiger partial charge in [-0.15, -0.1) is 0 Å². The van der Waals surface area contributed by atoms with Gasteiger partial charge in [0.25, 0.3) is 5.89 Å². The molecule has 0 bridgehead atoms. The average molecular weight is 353 g/mol. The molecule has 6 nitrogen and oxygen atoms in total. The molecule has 1 amide bonds. The molecular weight excluding hydrogens is 337 g/mol. The molecule has 1 atom stereocenters. The van der Waals surface area contributed by atoms with Crippen molar-refractivity contribution in [2.75, 3.05) is 6.61 Å². The minimum atomic E-state index is -1.05. The Labute approximate surface area is 149 Å². The topological polar surface area (TPSA) is 77.2 Å². The molecule has 0 spiro atoms. The van der Waals surface area contributed by atoms with Crippen LogP contribution >= 0.6 is 0 Å². The maximum atomic E-state index is 14.3. The number of oxazole rings is 1. The monoisotopic (exact) mass is 353 g/mol. The average Bonchev–Trinajstić information content (AvgIpc) is 3.19. The van der Waals surface area contributed by atoms with Crippen molar-refractivity contribution < 1.29 is 18.3 Å². The van der Waals surface area contributed by atoms with Gasteiger partial charge in [-0.25, -0.2) is 9.37 Å². The number of rotatable bonds is 3. The van der Waals surface area contributed by atoms with Gasteiger partial charge in [0.15, 0.2) is 0 Å². The summed E-state index contributed by atoms with van der Waals surface area (Å²) in [5.41, 5.74) is 0.587. The molecule has 7 heteroatoms. The highest BCUT2D eigenvalue weighted by Gasteiger charge is 2.43. The number of amides is 1. The van der Waals surface area contributed by atoms with Gasteiger partial charge in [0.1, 0.15) is 29.1 Å². The van der Waals surface area contributed by atoms with Crippen LogP contribution in [-0.2, 0) is 5.54 Å². The van der Waals surface area contributed by atoms with Gasteiger partial charge >= 0.3 is 5.91 Å². The van der Waals surface area contributed by atoms with Crippen LogP contribution in [0.3, 0.4) is 0 Å². The van der Waals surface area contributed by atoms with E-state index in [-0.39, 0.29) is 11.7 Å². The first-order valence-corrected chi connectivity index (χ1v) is 8.17. The standard InChI is InChI=1S/C19H16FN3O3/c1-12-4-5-13(11-14(12)20)19(23-17(24)18-22-8-10-26-18)6-9-25-15-3-2-7-21-16(15)19/h2-5,7-8,10-11H,6,9H2,1H3,(H,23,24)/t19-/m0/s1. The van der Waals surface area contributed by atoms with Crippen molar-refractivity contribution >= 4 is 5.91 Å². The molecule has 4 rings (SSSR count). The van der Waals surface area contributed by atoms with Gasteiger partial charge in [-0.2, -0.15) is 0 Å². The largest absolute Gasteiger partial charge is 0.491 e. The highest BCUT2D eigenvalue weighted by Crippen LogP contribution is 2.41. The molecule has 3 aromatic rings. The fourth-order valence-electron chi connectivity index (χ4n) is 3.18. The molecule has 0 saturated carbocycles. The lowest BCUT2D eigenvalue weighted by Gasteiger charge is -2.38. The van der Waals surface area contributed by atoms with Crippen LogP contribution in [0.15, 0.2) is 53.4 Å². The maximum absolute atomic E-state index is 14.3. The Kier molecular flexibility index (Phi) is 3.91. The number of ether oxygens (including phenoxy) is 1. The number of carbonyl (C=O) groups excluding carboxylic acids is 1. The van der Waals surface area contributed by atoms with E-state index in [2.05, 4.69) is 15.3 Å². The molecule has 1 aliphatic heterocycles. The summed E-state index contributed by atoms with van der Waals surface area (Å²) < 4.78 is 25.1. The second-order valence-electron chi connectivity index (χ2n) is 6.11. The number of fused-ring (bicyclic) bond motifs is 1. The van der Waals surface area contributed by atoms with Crippen molar-refractivity contribution in [2.24, 2.45) is 0 Å². The summed E-state index contributed by atoms with van der Waals surface area (Å²) in [7, 11) is 0. The van der Waals surface area contributed by atoms with Gasteiger partial charge in [0.05, 0.1) is 12.8 Å². The Morgan fingerprint density at radius 2 is 2.15 bits per heavy atom. The third-order valence-electron chi connectivity index (χ3n) is 4.53. The normalized spacial score (nSPS) is 18.7. The fraction of sp³-hybridized carbons (Fsp3) is 0.211. The molecule has 1 N–H and O–H groups in total. The predicted octanol–water partition coefficient (Wildman–Crippen LogP) is 2.97. The smallest absolute Gasteiger partial charge is 0.308 e. The van der Waals surface area contributed by atoms with Crippen molar-refractivity contribution in [1.82, 2.24) is 15.3 Å². The van der Waals surface area contributed by atoms with Crippen LogP contribution in [-0.4, -0.2) is 22.5 Å². The van der Waals surface area contributed by atoms with E-state index in [0.29, 0.717) is 35.6 Å². The van der Waals surface area contributed by atoms with E-state index in [4.69, 9.17) is 9.15 Å². The van der Waals surface area contributed by atoms with Crippen LogP contribution in [0.5, 0.6) is 5.75 Å². The second-order valence-corrected chi connectivity index (χ2v) is 6.11. The fourth-order valence-corrected chi connectivity index (χ4v) is 3.18. The van der Waals surface area contributed by atoms with Crippen molar-refractivity contribution in [3.63, 3.8) is 0 Å². The lowest BCUT2D eigenvalue weighted by molar-refractivity contribution is 0.0848. The summed E-state index contributed by atoms with van der Waals surface area (Å²) in [5.74, 6) is -0.376. The molecule has 26 heavy (non-hydrogen) atoms. The van der Waals surface area contributed by atoms with Crippen LogP contribution in [0.4, 0.5) is 4.39 Å². The molecule has 0 unspecified atom stereocenters. The molecule has 0 fully saturated rings. The van der Waals surface area contributed by atoms with E-state index in [9.17, 15) is 9.18 Å². The number of nitrogens with zero attached hydrogens (tertiary/aromatic N) is 2. The molecule has 3 heterocycles. The van der Waals surface area contributed by atoms with E-state index in [1.807, 2.05) is 0 Å². The summed E-state index contributed by atoms with van der Waals surface area (Å²) in [6.45, 7) is 2.04. The van der Waals surface area contributed by atoms with Crippen LogP contribution < -0.4 is 10.1 Å². The third kappa shape index (κ3) is 2.61. The van der Waals surface area contributed by atoms with Crippen molar-refractivity contribution in [2.45, 2.75) is 18.9 Å². The van der Waals surface area contributed by atoms with E-state index < -0.39 is 11.4 Å². The van der Waals surface area contributed by atoms with E-state index >= 15 is 0 Å². The Balaban J connectivity index is 1.87. The minimum Gasteiger partial charge on any atom is -0.491 e. The first kappa shape index (κ1) is 16.3. The number of halogens is 1. The number of hydrogen-bond acceptors (Lipinski definition) is 5. The number of pyridine rings is 1. The quantitative estimate of drug-likeness (QED) is 0.783. The summed E-state index contributed by atoms with van der Waals surface area (Å²) in [5, 5.41) is 2.95. The molecule has 1 aliphatic rings. The van der Waals surface area contributed by atoms with Crippen molar-refractivity contribution in [3.05, 3.63) is 77.5 Å². The zero-order chi connectivity index (χ0) is 18.1. The van der Waals surface area contributed by atoms with Crippen LogP contribution in [0.25, 0.3) is 0 Å². The first-order chi connectivity index (χ1) is 12.6. The van der Waals surface area contributed by atoms with Crippen LogP contribution in [0, 0.1) is 12.7 Å². The second kappa shape index (κ2) is 6.25. The Morgan fingerprint density at radius 3 is 2.92 bits per heavy atom. The lowest BCUT2D eigenvalue weighted by atomic mass is 9.81. The summed E-state index contributed by atoms with van der Waals surface area (Å²) in [6.07, 6.45) is 4.72. The van der Waals surface area contributed by atoms with E-state index in [1.165, 1.54) is 18.5 Å². The first-order valence-electron chi connectivity index (χ1n) is 8.17. The number of aryl methyl sites for hydroxylation is 1. The molecule has 132 valence electrons. The zero-order valence-corrected chi connectivity index (χ0v) is 14.0. The lowest BCUT2D eigenvalue weighted by Crippen LogP contribution is -2.50. The van der Waals surface area contributed by atoms with Crippen LogP contribution in [0.2, 0.25) is 0 Å². The molecule has 0 aliphatic carbocycles. The summed E-state index contributed by atoms with van der Waals surface area (Å²) in [4.78, 5) is 21.0. The number of benzene rings is 1. The summed E-state index contributed by atoms with van der Waals surface area (Å²) >= 11 is 0. The summed E-state index contributed by atoms with van der Waals surface area (Å²) in [6, 6.07) is 8.42. The van der Waals surface area contributed by atoms with Gasteiger partial charge in [-0.05, 0) is 36.2 Å². The number of nitrogens with one attached hydrogen (secondary N) is 1. The molecule has 2 aromatic heterocycles. The minimum absolute atomic E-state index is 0.0686. The predicted molar refractivity (Wildman–Crippen MR) is 90.2 cm³/mol. The van der Waals surface area contributed by atoms with Gasteiger partial charge in [0.2, 0.25) is 0 Å². The molecule has 0 radical (unpaired) electrons. The Bertz CT molecular complexity index is 958. The van der Waals surface area contributed by atoms with E-state index in [1.54, 1.807) is 37.4 Å². The number of hydrogen-bond donors (Lipinski definition) is 1. The number of carbonyl (C=O) groups is 1. The van der Waals surface area contributed by atoms with Gasteiger partial charge in [-0.3, -0.25) is 9.78 Å². The van der Waals surface area contributed by atoms with Gasteiger partial charge in [0, 0.05) is 12.6 Å². The van der Waals surface area contributed by atoms with Crippen LogP contribution in [0.1, 0.15) is 33.9 Å². The highest BCUT2D eigenvalue weighted by molar-refractivity contribution is 5.90. The van der Waals surface area contributed by atoms with Gasteiger partial charge < -0.3 is 14.5 Å². The highest BCUT2D eigenvalue weighted by atomic mass is 19.1. The van der Waals surface area contributed by atoms with Crippen molar-refractivity contribution in [3.8, 4) is 5.75 Å². The Hall–Kier alpha value is -3.22. The number of aromatic nitrogens is 2. The zero-order valence-electron chi connectivity index (χ0n) is 14.0. The SMILES string of the molecule is Cc1ccc([C@@]2(NC(=O)c3ncco3)CCOc3cccnc32)cc1F. The Morgan fingerprint density at radius 1 is 1.27 bits per heavy atom. The third-order valence-corrected chi connectivity index (χ3v) is 4.53. The van der Waals surface area contributed by atoms with Crippen molar-refractivity contribution in [1.29, 1.82) is 0 Å². The van der Waals surface area contributed by atoms with Gasteiger partial charge in [-0.1, -0.05) is 12.1 Å². The molecule has 1 aromatic carbocycles.